The van der Waals surface area contributed by atoms with Crippen LogP contribution in [0.3, 0.4) is 0 Å². The maximum absolute atomic E-state index is 12.8. The Labute approximate surface area is 123 Å². The summed E-state index contributed by atoms with van der Waals surface area (Å²) in [6.07, 6.45) is -3.21. The number of hydrogen-bond acceptors (Lipinski definition) is 4. The van der Waals surface area contributed by atoms with E-state index in [4.69, 9.17) is 10.5 Å². The number of likely N-dealkylation sites (tertiary alicyclic amines) is 1. The van der Waals surface area contributed by atoms with E-state index in [9.17, 15) is 18.0 Å². The molecule has 0 aliphatic carbocycles. The fourth-order valence-corrected chi connectivity index (χ4v) is 2.80. The first kappa shape index (κ1) is 18.2. The Bertz CT molecular complexity index is 359. The molecule has 1 rings (SSSR count). The molecule has 0 spiro atoms. The molecule has 124 valence electrons. The van der Waals surface area contributed by atoms with Crippen molar-refractivity contribution in [3.8, 4) is 0 Å². The molecule has 0 aromatic rings. The zero-order valence-electron chi connectivity index (χ0n) is 12.9. The van der Waals surface area contributed by atoms with Gasteiger partial charge in [0.1, 0.15) is 5.54 Å². The maximum Gasteiger partial charge on any atom is 0.393 e. The van der Waals surface area contributed by atoms with Crippen LogP contribution < -0.4 is 5.73 Å². The highest BCUT2D eigenvalue weighted by Crippen LogP contribution is 2.34. The zero-order valence-corrected chi connectivity index (χ0v) is 12.9. The molecule has 3 unspecified atom stereocenters. The maximum atomic E-state index is 12.8. The molecular weight excluding hydrogens is 285 g/mol. The minimum absolute atomic E-state index is 0.0242. The summed E-state index contributed by atoms with van der Waals surface area (Å²) in [6.45, 7) is 5.88. The van der Waals surface area contributed by atoms with Crippen LogP contribution in [0, 0.1) is 5.92 Å². The lowest BCUT2D eigenvalue weighted by Crippen LogP contribution is -2.53. The standard InChI is InChI=1S/C14H25F3N2O2/c1-4-21-12(20)13(3,18)8-10(2)19-7-5-6-11(9-19)14(15,16)17/h10-11H,4-9,18H2,1-3H3. The summed E-state index contributed by atoms with van der Waals surface area (Å²) in [6, 6.07) is -0.199. The molecule has 4 nitrogen and oxygen atoms in total. The molecule has 3 atom stereocenters. The minimum Gasteiger partial charge on any atom is -0.465 e. The van der Waals surface area contributed by atoms with Crippen LogP contribution in [0.4, 0.5) is 13.2 Å². The molecule has 2 N–H and O–H groups in total. The molecule has 0 amide bonds. The zero-order chi connectivity index (χ0) is 16.3. The third kappa shape index (κ3) is 5.14. The first-order chi connectivity index (χ1) is 9.58. The van der Waals surface area contributed by atoms with E-state index >= 15 is 0 Å². The molecule has 1 heterocycles. The largest absolute Gasteiger partial charge is 0.465 e. The topological polar surface area (TPSA) is 55.6 Å². The highest BCUT2D eigenvalue weighted by molar-refractivity contribution is 5.80. The van der Waals surface area contributed by atoms with Crippen LogP contribution in [0.5, 0.6) is 0 Å². The van der Waals surface area contributed by atoms with E-state index in [-0.39, 0.29) is 32.0 Å². The van der Waals surface area contributed by atoms with E-state index in [1.165, 1.54) is 0 Å². The Morgan fingerprint density at radius 2 is 2.10 bits per heavy atom. The van der Waals surface area contributed by atoms with E-state index in [0.717, 1.165) is 0 Å². The lowest BCUT2D eigenvalue weighted by Gasteiger charge is -2.39. The number of carbonyl (C=O) groups excluding carboxylic acids is 1. The summed E-state index contributed by atoms with van der Waals surface area (Å²) < 4.78 is 43.4. The molecule has 21 heavy (non-hydrogen) atoms. The van der Waals surface area contributed by atoms with E-state index in [1.807, 2.05) is 6.92 Å². The van der Waals surface area contributed by atoms with Gasteiger partial charge in [-0.25, -0.2) is 0 Å². The second kappa shape index (κ2) is 6.96. The van der Waals surface area contributed by atoms with Crippen LogP contribution in [-0.4, -0.2) is 48.3 Å². The lowest BCUT2D eigenvalue weighted by molar-refractivity contribution is -0.188. The second-order valence-electron chi connectivity index (χ2n) is 6.07. The molecule has 0 aromatic carbocycles. The molecule has 0 aromatic heterocycles. The third-order valence-corrected chi connectivity index (χ3v) is 4.00. The van der Waals surface area contributed by atoms with Crippen molar-refractivity contribution >= 4 is 5.97 Å². The number of alkyl halides is 3. The Kier molecular flexibility index (Phi) is 6.04. The van der Waals surface area contributed by atoms with Gasteiger partial charge in [-0.3, -0.25) is 9.69 Å². The smallest absolute Gasteiger partial charge is 0.393 e. The molecule has 1 saturated heterocycles. The molecule has 0 bridgehead atoms. The van der Waals surface area contributed by atoms with Crippen molar-refractivity contribution in [1.29, 1.82) is 0 Å². The molecule has 0 radical (unpaired) electrons. The SMILES string of the molecule is CCOC(=O)C(C)(N)CC(C)N1CCCC(C(F)(F)F)C1. The van der Waals surface area contributed by atoms with Crippen LogP contribution in [0.25, 0.3) is 0 Å². The number of rotatable bonds is 5. The van der Waals surface area contributed by atoms with Gasteiger partial charge < -0.3 is 10.5 Å². The average Bonchev–Trinajstić information content (AvgIpc) is 2.37. The fourth-order valence-electron chi connectivity index (χ4n) is 2.80. The number of carbonyl (C=O) groups is 1. The first-order valence-electron chi connectivity index (χ1n) is 7.34. The number of ether oxygens (including phenoxy) is 1. The van der Waals surface area contributed by atoms with Crippen molar-refractivity contribution in [1.82, 2.24) is 4.90 Å². The number of piperidine rings is 1. The number of hydrogen-bond donors (Lipinski definition) is 1. The number of nitrogens with zero attached hydrogens (tertiary/aromatic N) is 1. The summed E-state index contributed by atoms with van der Waals surface area (Å²) in [5.74, 6) is -1.80. The van der Waals surface area contributed by atoms with Gasteiger partial charge in [0.15, 0.2) is 0 Å². The monoisotopic (exact) mass is 310 g/mol. The first-order valence-corrected chi connectivity index (χ1v) is 7.34. The summed E-state index contributed by atoms with van der Waals surface area (Å²) in [5, 5.41) is 0. The Morgan fingerprint density at radius 1 is 1.48 bits per heavy atom. The summed E-state index contributed by atoms with van der Waals surface area (Å²) in [4.78, 5) is 13.5. The van der Waals surface area contributed by atoms with Gasteiger partial charge in [-0.2, -0.15) is 13.2 Å². The molecule has 1 aliphatic heterocycles. The Balaban J connectivity index is 2.62. The van der Waals surface area contributed by atoms with Gasteiger partial charge in [-0.05, 0) is 46.6 Å². The van der Waals surface area contributed by atoms with Crippen molar-refractivity contribution in [3.63, 3.8) is 0 Å². The average molecular weight is 310 g/mol. The van der Waals surface area contributed by atoms with Gasteiger partial charge in [0.2, 0.25) is 0 Å². The molecule has 1 fully saturated rings. The van der Waals surface area contributed by atoms with Gasteiger partial charge in [-0.15, -0.1) is 0 Å². The van der Waals surface area contributed by atoms with Crippen LogP contribution >= 0.6 is 0 Å². The highest BCUT2D eigenvalue weighted by atomic mass is 19.4. The fraction of sp³-hybridized carbons (Fsp3) is 0.929. The second-order valence-corrected chi connectivity index (χ2v) is 6.07. The predicted molar refractivity (Wildman–Crippen MR) is 73.7 cm³/mol. The summed E-state index contributed by atoms with van der Waals surface area (Å²) in [7, 11) is 0. The van der Waals surface area contributed by atoms with Crippen LogP contribution in [-0.2, 0) is 9.53 Å². The minimum atomic E-state index is -4.16. The van der Waals surface area contributed by atoms with Crippen molar-refractivity contribution in [2.75, 3.05) is 19.7 Å². The van der Waals surface area contributed by atoms with Crippen molar-refractivity contribution in [2.45, 2.75) is 57.8 Å². The van der Waals surface area contributed by atoms with E-state index in [0.29, 0.717) is 13.0 Å². The molecular formula is C14H25F3N2O2. The van der Waals surface area contributed by atoms with Crippen molar-refractivity contribution in [3.05, 3.63) is 0 Å². The Hall–Kier alpha value is -0.820. The van der Waals surface area contributed by atoms with Gasteiger partial charge >= 0.3 is 12.1 Å². The van der Waals surface area contributed by atoms with E-state index in [2.05, 4.69) is 0 Å². The summed E-state index contributed by atoms with van der Waals surface area (Å²) >= 11 is 0. The highest BCUT2D eigenvalue weighted by Gasteiger charge is 2.43. The van der Waals surface area contributed by atoms with Crippen LogP contribution in [0.2, 0.25) is 0 Å². The normalized spacial score (nSPS) is 25.2. The van der Waals surface area contributed by atoms with Gasteiger partial charge in [0, 0.05) is 12.6 Å². The number of nitrogens with two attached hydrogens (primary N) is 1. The van der Waals surface area contributed by atoms with Crippen LogP contribution in [0.15, 0.2) is 0 Å². The van der Waals surface area contributed by atoms with Gasteiger partial charge in [-0.1, -0.05) is 0 Å². The molecule has 7 heteroatoms. The molecule has 1 aliphatic rings. The van der Waals surface area contributed by atoms with Gasteiger partial charge in [0.05, 0.1) is 12.5 Å². The van der Waals surface area contributed by atoms with Crippen molar-refractivity contribution in [2.24, 2.45) is 11.7 Å². The quantitative estimate of drug-likeness (QED) is 0.792. The number of halogens is 3. The van der Waals surface area contributed by atoms with Gasteiger partial charge in [0.25, 0.3) is 0 Å². The third-order valence-electron chi connectivity index (χ3n) is 4.00. The Morgan fingerprint density at radius 3 is 2.62 bits per heavy atom. The van der Waals surface area contributed by atoms with Crippen LogP contribution in [0.1, 0.15) is 40.0 Å². The lowest BCUT2D eigenvalue weighted by atomic mass is 9.91. The van der Waals surface area contributed by atoms with E-state index in [1.54, 1.807) is 18.7 Å². The molecule has 0 saturated carbocycles. The number of esters is 1. The van der Waals surface area contributed by atoms with Crippen molar-refractivity contribution < 1.29 is 22.7 Å². The summed E-state index contributed by atoms with van der Waals surface area (Å²) in [5.41, 5.74) is 4.77. The van der Waals surface area contributed by atoms with E-state index < -0.39 is 23.6 Å². The predicted octanol–water partition coefficient (Wildman–Crippen LogP) is 2.32.